The van der Waals surface area contributed by atoms with Gasteiger partial charge < -0.3 is 10.2 Å². The van der Waals surface area contributed by atoms with Gasteiger partial charge in [-0.15, -0.1) is 11.3 Å². The average molecular weight is 353 g/mol. The van der Waals surface area contributed by atoms with Crippen molar-refractivity contribution in [3.05, 3.63) is 50.1 Å². The predicted octanol–water partition coefficient (Wildman–Crippen LogP) is 4.13. The van der Waals surface area contributed by atoms with E-state index in [1.807, 2.05) is 45.3 Å². The van der Waals surface area contributed by atoms with E-state index < -0.39 is 0 Å². The highest BCUT2D eigenvalue weighted by atomic mass is 79.9. The highest BCUT2D eigenvalue weighted by molar-refractivity contribution is 9.11. The van der Waals surface area contributed by atoms with Gasteiger partial charge in [0.1, 0.15) is 0 Å². The number of aryl methyl sites for hydroxylation is 1. The van der Waals surface area contributed by atoms with E-state index in [1.165, 1.54) is 0 Å². The van der Waals surface area contributed by atoms with Crippen LogP contribution in [0, 0.1) is 6.92 Å². The summed E-state index contributed by atoms with van der Waals surface area (Å²) < 4.78 is 1.09. The molecule has 1 amide bonds. The number of benzene rings is 1. The Morgan fingerprint density at radius 1 is 1.40 bits per heavy atom. The third kappa shape index (κ3) is 3.41. The van der Waals surface area contributed by atoms with E-state index in [-0.39, 0.29) is 5.91 Å². The maximum atomic E-state index is 12.5. The Balaban J connectivity index is 2.14. The summed E-state index contributed by atoms with van der Waals surface area (Å²) in [5.41, 5.74) is 3.90. The van der Waals surface area contributed by atoms with Crippen LogP contribution in [-0.2, 0) is 6.54 Å². The van der Waals surface area contributed by atoms with Crippen LogP contribution in [0.25, 0.3) is 0 Å². The first kappa shape index (κ1) is 15.1. The van der Waals surface area contributed by atoms with Crippen LogP contribution < -0.4 is 5.32 Å². The standard InChI is InChI=1S/C15H17BrN2OS/c1-10-6-12(17-2)4-5-13(10)15(19)18(3)8-11-7-14(16)20-9-11/h4-7,9,17H,8H2,1-3H3. The molecule has 0 aliphatic carbocycles. The van der Waals surface area contributed by atoms with Crippen molar-refractivity contribution in [1.29, 1.82) is 0 Å². The monoisotopic (exact) mass is 352 g/mol. The van der Waals surface area contributed by atoms with Crippen LogP contribution in [0.2, 0.25) is 0 Å². The normalized spacial score (nSPS) is 10.4. The summed E-state index contributed by atoms with van der Waals surface area (Å²) in [6, 6.07) is 7.84. The van der Waals surface area contributed by atoms with E-state index in [9.17, 15) is 4.79 Å². The van der Waals surface area contributed by atoms with Crippen molar-refractivity contribution in [1.82, 2.24) is 4.90 Å². The lowest BCUT2D eigenvalue weighted by molar-refractivity contribution is 0.0784. The number of nitrogens with one attached hydrogen (secondary N) is 1. The molecule has 106 valence electrons. The van der Waals surface area contributed by atoms with Gasteiger partial charge in [-0.2, -0.15) is 0 Å². The molecule has 0 unspecified atom stereocenters. The Bertz CT molecular complexity index is 624. The minimum absolute atomic E-state index is 0.0486. The molecule has 20 heavy (non-hydrogen) atoms. The van der Waals surface area contributed by atoms with Crippen LogP contribution in [0.3, 0.4) is 0 Å². The van der Waals surface area contributed by atoms with Crippen molar-refractivity contribution in [3.8, 4) is 0 Å². The minimum Gasteiger partial charge on any atom is -0.388 e. The van der Waals surface area contributed by atoms with Crippen LogP contribution in [-0.4, -0.2) is 24.9 Å². The third-order valence-corrected chi connectivity index (χ3v) is 4.69. The summed E-state index contributed by atoms with van der Waals surface area (Å²) in [7, 11) is 3.70. The molecule has 3 nitrogen and oxygen atoms in total. The van der Waals surface area contributed by atoms with Gasteiger partial charge in [-0.05, 0) is 63.6 Å². The summed E-state index contributed by atoms with van der Waals surface area (Å²) in [5.74, 6) is 0.0486. The Labute approximate surface area is 131 Å². The molecule has 0 fully saturated rings. The first-order chi connectivity index (χ1) is 9.51. The van der Waals surface area contributed by atoms with Crippen LogP contribution in [0.5, 0.6) is 0 Å². The summed E-state index contributed by atoms with van der Waals surface area (Å²) in [6.07, 6.45) is 0. The fourth-order valence-corrected chi connectivity index (χ4v) is 3.24. The number of hydrogen-bond acceptors (Lipinski definition) is 3. The maximum Gasteiger partial charge on any atom is 0.254 e. The van der Waals surface area contributed by atoms with E-state index in [4.69, 9.17) is 0 Å². The Kier molecular flexibility index (Phi) is 4.83. The summed E-state index contributed by atoms with van der Waals surface area (Å²) in [4.78, 5) is 14.2. The number of halogens is 1. The summed E-state index contributed by atoms with van der Waals surface area (Å²) >= 11 is 5.07. The van der Waals surface area contributed by atoms with Crippen molar-refractivity contribution in [2.24, 2.45) is 0 Å². The number of rotatable bonds is 4. The molecule has 2 aromatic rings. The number of nitrogens with zero attached hydrogens (tertiary/aromatic N) is 1. The molecule has 1 aromatic carbocycles. The molecular formula is C15H17BrN2OS. The minimum atomic E-state index is 0.0486. The van der Waals surface area contributed by atoms with Crippen molar-refractivity contribution in [2.75, 3.05) is 19.4 Å². The highest BCUT2D eigenvalue weighted by Gasteiger charge is 2.15. The maximum absolute atomic E-state index is 12.5. The van der Waals surface area contributed by atoms with E-state index in [0.29, 0.717) is 6.54 Å². The molecular weight excluding hydrogens is 336 g/mol. The highest BCUT2D eigenvalue weighted by Crippen LogP contribution is 2.22. The van der Waals surface area contributed by atoms with E-state index in [0.717, 1.165) is 26.2 Å². The lowest BCUT2D eigenvalue weighted by Crippen LogP contribution is -2.26. The number of anilines is 1. The van der Waals surface area contributed by atoms with Gasteiger partial charge in [0.15, 0.2) is 0 Å². The van der Waals surface area contributed by atoms with Gasteiger partial charge in [-0.25, -0.2) is 0 Å². The zero-order valence-electron chi connectivity index (χ0n) is 11.7. The molecule has 0 saturated heterocycles. The van der Waals surface area contributed by atoms with Gasteiger partial charge in [0, 0.05) is 31.9 Å². The SMILES string of the molecule is CNc1ccc(C(=O)N(C)Cc2csc(Br)c2)c(C)c1. The number of carbonyl (C=O) groups is 1. The number of amides is 1. The van der Waals surface area contributed by atoms with Crippen LogP contribution >= 0.6 is 27.3 Å². The molecule has 1 N–H and O–H groups in total. The largest absolute Gasteiger partial charge is 0.388 e. The zero-order valence-corrected chi connectivity index (χ0v) is 14.1. The van der Waals surface area contributed by atoms with Crippen molar-refractivity contribution < 1.29 is 4.79 Å². The van der Waals surface area contributed by atoms with Gasteiger partial charge in [0.2, 0.25) is 0 Å². The first-order valence-electron chi connectivity index (χ1n) is 6.28. The molecule has 5 heteroatoms. The van der Waals surface area contributed by atoms with Crippen molar-refractivity contribution >= 4 is 38.9 Å². The number of carbonyl (C=O) groups excluding carboxylic acids is 1. The Morgan fingerprint density at radius 3 is 2.70 bits per heavy atom. The van der Waals surface area contributed by atoms with E-state index in [1.54, 1.807) is 16.2 Å². The van der Waals surface area contributed by atoms with Crippen molar-refractivity contribution in [2.45, 2.75) is 13.5 Å². The molecule has 0 aliphatic rings. The molecule has 0 bridgehead atoms. The van der Waals surface area contributed by atoms with Crippen LogP contribution in [0.1, 0.15) is 21.5 Å². The van der Waals surface area contributed by atoms with Gasteiger partial charge in [-0.1, -0.05) is 0 Å². The zero-order chi connectivity index (χ0) is 14.7. The van der Waals surface area contributed by atoms with Crippen molar-refractivity contribution in [3.63, 3.8) is 0 Å². The lowest BCUT2D eigenvalue weighted by Gasteiger charge is -2.18. The van der Waals surface area contributed by atoms with Crippen LogP contribution in [0.4, 0.5) is 5.69 Å². The van der Waals surface area contributed by atoms with Gasteiger partial charge >= 0.3 is 0 Å². The molecule has 1 aromatic heterocycles. The Morgan fingerprint density at radius 2 is 2.15 bits per heavy atom. The smallest absolute Gasteiger partial charge is 0.254 e. The van der Waals surface area contributed by atoms with Gasteiger partial charge in [0.25, 0.3) is 5.91 Å². The fraction of sp³-hybridized carbons (Fsp3) is 0.267. The quantitative estimate of drug-likeness (QED) is 0.896. The molecule has 0 spiro atoms. The van der Waals surface area contributed by atoms with Gasteiger partial charge in [-0.3, -0.25) is 4.79 Å². The molecule has 0 radical (unpaired) electrons. The molecule has 0 atom stereocenters. The molecule has 1 heterocycles. The average Bonchev–Trinajstić information content (AvgIpc) is 2.83. The number of thiophene rings is 1. The Hall–Kier alpha value is -1.33. The summed E-state index contributed by atoms with van der Waals surface area (Å²) in [5, 5.41) is 5.14. The molecule has 2 rings (SSSR count). The summed E-state index contributed by atoms with van der Waals surface area (Å²) in [6.45, 7) is 2.58. The third-order valence-electron chi connectivity index (χ3n) is 3.13. The topological polar surface area (TPSA) is 32.3 Å². The second kappa shape index (κ2) is 6.41. The van der Waals surface area contributed by atoms with E-state index in [2.05, 4.69) is 26.6 Å². The number of hydrogen-bond donors (Lipinski definition) is 1. The predicted molar refractivity (Wildman–Crippen MR) is 88.5 cm³/mol. The van der Waals surface area contributed by atoms with E-state index >= 15 is 0 Å². The lowest BCUT2D eigenvalue weighted by atomic mass is 10.1. The second-order valence-corrected chi connectivity index (χ2v) is 6.99. The second-order valence-electron chi connectivity index (χ2n) is 4.70. The van der Waals surface area contributed by atoms with Crippen LogP contribution in [0.15, 0.2) is 33.4 Å². The fourth-order valence-electron chi connectivity index (χ4n) is 2.04. The molecule has 0 saturated carbocycles. The van der Waals surface area contributed by atoms with Gasteiger partial charge in [0.05, 0.1) is 3.79 Å². The first-order valence-corrected chi connectivity index (χ1v) is 7.95. The molecule has 0 aliphatic heterocycles.